The summed E-state index contributed by atoms with van der Waals surface area (Å²) in [4.78, 5) is 0. The predicted octanol–water partition coefficient (Wildman–Crippen LogP) is 3.28. The van der Waals surface area contributed by atoms with Crippen molar-refractivity contribution in [2.45, 2.75) is 90.3 Å². The van der Waals surface area contributed by atoms with Gasteiger partial charge in [0.25, 0.3) is 0 Å². The molecule has 0 amide bonds. The molecule has 1 saturated heterocycles. The van der Waals surface area contributed by atoms with Gasteiger partial charge in [0.05, 0.1) is 18.8 Å². The second-order valence-electron chi connectivity index (χ2n) is 6.26. The fourth-order valence-corrected chi connectivity index (χ4v) is 2.57. The van der Waals surface area contributed by atoms with Crippen molar-refractivity contribution in [3.63, 3.8) is 0 Å². The number of ether oxygens (including phenoxy) is 4. The lowest BCUT2D eigenvalue weighted by Crippen LogP contribution is -2.52. The molecule has 0 saturated carbocycles. The summed E-state index contributed by atoms with van der Waals surface area (Å²) in [6.45, 7) is 8.98. The molecule has 0 aromatic heterocycles. The third-order valence-corrected chi connectivity index (χ3v) is 4.06. The van der Waals surface area contributed by atoms with Gasteiger partial charge in [-0.05, 0) is 19.3 Å². The van der Waals surface area contributed by atoms with Gasteiger partial charge in [-0.1, -0.05) is 40.0 Å². The first kappa shape index (κ1) is 20.8. The molecule has 1 aliphatic heterocycles. The number of unbranched alkanes of at least 4 members (excludes halogenated alkanes) is 3. The Morgan fingerprint density at radius 3 is 2.17 bits per heavy atom. The van der Waals surface area contributed by atoms with Gasteiger partial charge in [-0.2, -0.15) is 0 Å². The highest BCUT2D eigenvalue weighted by Gasteiger charge is 2.39. The molecule has 23 heavy (non-hydrogen) atoms. The Morgan fingerprint density at radius 1 is 0.913 bits per heavy atom. The molecular formula is C18H36O5. The molecule has 5 heteroatoms. The molecule has 0 spiro atoms. The monoisotopic (exact) mass is 332 g/mol. The first-order chi connectivity index (χ1) is 11.2. The van der Waals surface area contributed by atoms with Crippen molar-refractivity contribution in [2.24, 2.45) is 0 Å². The third kappa shape index (κ3) is 8.45. The van der Waals surface area contributed by atoms with Gasteiger partial charge in [0.15, 0.2) is 6.29 Å². The van der Waals surface area contributed by atoms with E-state index in [2.05, 4.69) is 20.8 Å². The van der Waals surface area contributed by atoms with Gasteiger partial charge < -0.3 is 24.1 Å². The molecule has 0 unspecified atom stereocenters. The molecule has 4 atom stereocenters. The van der Waals surface area contributed by atoms with E-state index in [1.165, 1.54) is 0 Å². The van der Waals surface area contributed by atoms with Gasteiger partial charge in [0.1, 0.15) is 6.10 Å². The highest BCUT2D eigenvalue weighted by atomic mass is 16.7. The van der Waals surface area contributed by atoms with Gasteiger partial charge in [0.2, 0.25) is 0 Å². The van der Waals surface area contributed by atoms with Gasteiger partial charge >= 0.3 is 0 Å². The molecule has 1 fully saturated rings. The Balaban J connectivity index is 2.46. The first-order valence-corrected chi connectivity index (χ1v) is 9.37. The lowest BCUT2D eigenvalue weighted by atomic mass is 10.0. The lowest BCUT2D eigenvalue weighted by Gasteiger charge is -2.39. The highest BCUT2D eigenvalue weighted by Crippen LogP contribution is 2.25. The molecule has 0 radical (unpaired) electrons. The minimum Gasteiger partial charge on any atom is -0.379 e. The summed E-state index contributed by atoms with van der Waals surface area (Å²) < 4.78 is 23.1. The predicted molar refractivity (Wildman–Crippen MR) is 90.5 cm³/mol. The van der Waals surface area contributed by atoms with E-state index in [0.29, 0.717) is 26.2 Å². The van der Waals surface area contributed by atoms with Crippen molar-refractivity contribution < 1.29 is 24.1 Å². The van der Waals surface area contributed by atoms with Crippen molar-refractivity contribution in [3.05, 3.63) is 0 Å². The Morgan fingerprint density at radius 2 is 1.52 bits per heavy atom. The van der Waals surface area contributed by atoms with Gasteiger partial charge in [-0.15, -0.1) is 0 Å². The van der Waals surface area contributed by atoms with Gasteiger partial charge in [0, 0.05) is 26.2 Å². The Hall–Kier alpha value is -0.200. The van der Waals surface area contributed by atoms with E-state index in [0.717, 1.165) is 45.1 Å². The van der Waals surface area contributed by atoms with E-state index in [9.17, 15) is 5.11 Å². The number of aliphatic hydroxyl groups is 1. The largest absolute Gasteiger partial charge is 0.379 e. The highest BCUT2D eigenvalue weighted by molar-refractivity contribution is 4.83. The minimum atomic E-state index is -0.938. The van der Waals surface area contributed by atoms with E-state index >= 15 is 0 Å². The molecule has 0 aromatic carbocycles. The summed E-state index contributed by atoms with van der Waals surface area (Å²) in [5.41, 5.74) is 0. The van der Waals surface area contributed by atoms with Crippen LogP contribution in [0.4, 0.5) is 0 Å². The average molecular weight is 332 g/mol. The summed E-state index contributed by atoms with van der Waals surface area (Å²) in [7, 11) is 0. The van der Waals surface area contributed by atoms with Crippen molar-refractivity contribution in [2.75, 3.05) is 26.4 Å². The number of hydrogen-bond acceptors (Lipinski definition) is 5. The van der Waals surface area contributed by atoms with Crippen LogP contribution in [0.25, 0.3) is 0 Å². The minimum absolute atomic E-state index is 0.123. The van der Waals surface area contributed by atoms with Crippen LogP contribution in [-0.2, 0) is 18.9 Å². The maximum Gasteiger partial charge on any atom is 0.184 e. The Labute approximate surface area is 141 Å². The SMILES string of the molecule is CCCCOC[C@@H]1C[C@H](OCCCC)[C@@H](OCCCC)[C@@H](O)O1. The molecular weight excluding hydrogens is 296 g/mol. The molecule has 1 aliphatic rings. The van der Waals surface area contributed by atoms with E-state index in [4.69, 9.17) is 18.9 Å². The third-order valence-electron chi connectivity index (χ3n) is 4.06. The first-order valence-electron chi connectivity index (χ1n) is 9.37. The van der Waals surface area contributed by atoms with E-state index in [-0.39, 0.29) is 12.2 Å². The number of hydrogen-bond donors (Lipinski definition) is 1. The van der Waals surface area contributed by atoms with Crippen LogP contribution in [0, 0.1) is 0 Å². The molecule has 138 valence electrons. The standard InChI is InChI=1S/C18H36O5/c1-4-7-10-20-14-15-13-16(21-11-8-5-2)17(18(19)23-15)22-12-9-6-3/h15-19H,4-14H2,1-3H3/t15-,16-,17+,18-/m0/s1. The van der Waals surface area contributed by atoms with Crippen LogP contribution in [0.15, 0.2) is 0 Å². The van der Waals surface area contributed by atoms with Crippen LogP contribution in [0.3, 0.4) is 0 Å². The summed E-state index contributed by atoms with van der Waals surface area (Å²) in [5.74, 6) is 0. The Kier molecular flexibility index (Phi) is 11.9. The maximum atomic E-state index is 10.3. The second kappa shape index (κ2) is 13.1. The maximum absolute atomic E-state index is 10.3. The van der Waals surface area contributed by atoms with Gasteiger partial charge in [-0.25, -0.2) is 0 Å². The van der Waals surface area contributed by atoms with E-state index < -0.39 is 12.4 Å². The second-order valence-corrected chi connectivity index (χ2v) is 6.26. The number of aliphatic hydroxyl groups excluding tert-OH is 1. The van der Waals surface area contributed by atoms with Gasteiger partial charge in [-0.3, -0.25) is 0 Å². The summed E-state index contributed by atoms with van der Waals surface area (Å²) >= 11 is 0. The fourth-order valence-electron chi connectivity index (χ4n) is 2.57. The van der Waals surface area contributed by atoms with Crippen molar-refractivity contribution in [1.82, 2.24) is 0 Å². The van der Waals surface area contributed by atoms with Crippen LogP contribution in [0.2, 0.25) is 0 Å². The van der Waals surface area contributed by atoms with Crippen LogP contribution in [0.1, 0.15) is 65.7 Å². The number of rotatable bonds is 13. The quantitative estimate of drug-likeness (QED) is 0.525. The van der Waals surface area contributed by atoms with Crippen LogP contribution < -0.4 is 0 Å². The topological polar surface area (TPSA) is 57.2 Å². The van der Waals surface area contributed by atoms with Crippen LogP contribution in [0.5, 0.6) is 0 Å². The molecule has 1 rings (SSSR count). The summed E-state index contributed by atoms with van der Waals surface area (Å²) in [5, 5.41) is 10.3. The zero-order chi connectivity index (χ0) is 16.9. The summed E-state index contributed by atoms with van der Waals surface area (Å²) in [6.07, 6.45) is 5.46. The van der Waals surface area contributed by atoms with Crippen molar-refractivity contribution in [1.29, 1.82) is 0 Å². The van der Waals surface area contributed by atoms with Crippen LogP contribution in [-0.4, -0.2) is 56.1 Å². The van der Waals surface area contributed by atoms with Crippen molar-refractivity contribution in [3.8, 4) is 0 Å². The fraction of sp³-hybridized carbons (Fsp3) is 1.00. The van der Waals surface area contributed by atoms with E-state index in [1.54, 1.807) is 0 Å². The summed E-state index contributed by atoms with van der Waals surface area (Å²) in [6, 6.07) is 0. The Bertz CT molecular complexity index is 274. The smallest absolute Gasteiger partial charge is 0.184 e. The molecule has 0 aliphatic carbocycles. The van der Waals surface area contributed by atoms with E-state index in [1.807, 2.05) is 0 Å². The molecule has 0 bridgehead atoms. The lowest BCUT2D eigenvalue weighted by molar-refractivity contribution is -0.273. The van der Waals surface area contributed by atoms with Crippen molar-refractivity contribution >= 4 is 0 Å². The molecule has 1 N–H and O–H groups in total. The normalized spacial score (nSPS) is 28.2. The molecule has 5 nitrogen and oxygen atoms in total. The van der Waals surface area contributed by atoms with Crippen LogP contribution >= 0.6 is 0 Å². The zero-order valence-electron chi connectivity index (χ0n) is 15.2. The molecule has 1 heterocycles. The zero-order valence-corrected chi connectivity index (χ0v) is 15.2. The average Bonchev–Trinajstić information content (AvgIpc) is 2.54. The molecule has 0 aromatic rings.